The topological polar surface area (TPSA) is 83.0 Å². The molecule has 2 rings (SSSR count). The van der Waals surface area contributed by atoms with Gasteiger partial charge in [0.15, 0.2) is 0 Å². The van der Waals surface area contributed by atoms with E-state index in [2.05, 4.69) is 10.2 Å². The van der Waals surface area contributed by atoms with Crippen LogP contribution in [0.4, 0.5) is 4.39 Å². The van der Waals surface area contributed by atoms with Crippen molar-refractivity contribution in [2.24, 2.45) is 0 Å². The molecule has 2 aromatic rings. The lowest BCUT2D eigenvalue weighted by atomic mass is 10.1. The molecule has 0 saturated heterocycles. The number of rotatable bonds is 3. The normalized spacial score (nSPS) is 10.6. The highest BCUT2D eigenvalue weighted by molar-refractivity contribution is 5.91. The van der Waals surface area contributed by atoms with Gasteiger partial charge in [-0.05, 0) is 11.6 Å². The van der Waals surface area contributed by atoms with Gasteiger partial charge in [-0.3, -0.25) is 14.3 Å². The minimum Gasteiger partial charge on any atom is -0.476 e. The van der Waals surface area contributed by atoms with Gasteiger partial charge in [0, 0.05) is 6.42 Å². The number of carbonyl (C=O) groups is 1. The molecule has 0 atom stereocenters. The summed E-state index contributed by atoms with van der Waals surface area (Å²) in [7, 11) is 0. The van der Waals surface area contributed by atoms with E-state index in [4.69, 9.17) is 5.11 Å². The number of aromatic carboxylic acids is 1. The predicted octanol–water partition coefficient (Wildman–Crippen LogP) is 1.13. The number of benzene rings is 1. The molecule has 2 N–H and O–H groups in total. The number of halogens is 1. The second kappa shape index (κ2) is 4.32. The zero-order valence-corrected chi connectivity index (χ0v) is 8.74. The molecule has 5 nitrogen and oxygen atoms in total. The van der Waals surface area contributed by atoms with Crippen molar-refractivity contribution in [2.45, 2.75) is 6.42 Å². The number of fused-ring (bicyclic) bond motifs is 1. The van der Waals surface area contributed by atoms with E-state index >= 15 is 0 Å². The van der Waals surface area contributed by atoms with E-state index in [0.717, 1.165) is 0 Å². The highest BCUT2D eigenvalue weighted by Crippen LogP contribution is 2.13. The fourth-order valence-electron chi connectivity index (χ4n) is 1.70. The monoisotopic (exact) mass is 236 g/mol. The summed E-state index contributed by atoms with van der Waals surface area (Å²) in [5.41, 5.74) is -0.374. The molecule has 1 aromatic carbocycles. The number of alkyl halides is 1. The number of hydrogen-bond acceptors (Lipinski definition) is 3. The van der Waals surface area contributed by atoms with E-state index in [1.54, 1.807) is 18.2 Å². The van der Waals surface area contributed by atoms with Crippen LogP contribution in [0.25, 0.3) is 10.9 Å². The second-order valence-corrected chi connectivity index (χ2v) is 3.49. The highest BCUT2D eigenvalue weighted by atomic mass is 19.1. The predicted molar refractivity (Wildman–Crippen MR) is 59.0 cm³/mol. The summed E-state index contributed by atoms with van der Waals surface area (Å²) in [6.45, 7) is -0.608. The molecule has 0 fully saturated rings. The SMILES string of the molecule is O=C(O)c1n[nH]c2cccc(CCF)c2c1=O. The first-order chi connectivity index (χ1) is 8.15. The lowest BCUT2D eigenvalue weighted by molar-refractivity contribution is 0.0688. The van der Waals surface area contributed by atoms with Crippen LogP contribution >= 0.6 is 0 Å². The number of aryl methyl sites for hydroxylation is 1. The van der Waals surface area contributed by atoms with Gasteiger partial charge in [-0.15, -0.1) is 0 Å². The third-order valence-corrected chi connectivity index (χ3v) is 2.45. The number of nitrogens with one attached hydrogen (secondary N) is 1. The fraction of sp³-hybridized carbons (Fsp3) is 0.182. The van der Waals surface area contributed by atoms with Crippen molar-refractivity contribution in [1.82, 2.24) is 10.2 Å². The first-order valence-corrected chi connectivity index (χ1v) is 4.94. The number of hydrogen-bond donors (Lipinski definition) is 2. The van der Waals surface area contributed by atoms with E-state index in [-0.39, 0.29) is 11.8 Å². The van der Waals surface area contributed by atoms with E-state index < -0.39 is 23.8 Å². The highest BCUT2D eigenvalue weighted by Gasteiger charge is 2.15. The summed E-state index contributed by atoms with van der Waals surface area (Å²) in [4.78, 5) is 22.7. The Kier molecular flexibility index (Phi) is 2.86. The van der Waals surface area contributed by atoms with E-state index in [0.29, 0.717) is 11.1 Å². The minimum atomic E-state index is -1.40. The number of aromatic nitrogens is 2. The maximum atomic E-state index is 12.4. The second-order valence-electron chi connectivity index (χ2n) is 3.49. The summed E-state index contributed by atoms with van der Waals surface area (Å²) in [6.07, 6.45) is 0.0729. The molecule has 88 valence electrons. The van der Waals surface area contributed by atoms with Crippen LogP contribution < -0.4 is 5.43 Å². The van der Waals surface area contributed by atoms with Crippen LogP contribution in [-0.2, 0) is 6.42 Å². The van der Waals surface area contributed by atoms with Crippen LogP contribution in [0, 0.1) is 0 Å². The Labute approximate surface area is 94.9 Å². The van der Waals surface area contributed by atoms with Crippen LogP contribution in [0.5, 0.6) is 0 Å². The van der Waals surface area contributed by atoms with Crippen LogP contribution in [0.3, 0.4) is 0 Å². The van der Waals surface area contributed by atoms with Gasteiger partial charge in [-0.1, -0.05) is 12.1 Å². The van der Waals surface area contributed by atoms with Crippen LogP contribution in [-0.4, -0.2) is 27.9 Å². The van der Waals surface area contributed by atoms with Gasteiger partial charge in [0.25, 0.3) is 0 Å². The van der Waals surface area contributed by atoms with Crippen LogP contribution in [0.2, 0.25) is 0 Å². The summed E-state index contributed by atoms with van der Waals surface area (Å²) in [5, 5.41) is 14.9. The fourth-order valence-corrected chi connectivity index (χ4v) is 1.70. The summed E-state index contributed by atoms with van der Waals surface area (Å²) >= 11 is 0. The molecule has 0 aliphatic carbocycles. The van der Waals surface area contributed by atoms with Crippen LogP contribution in [0.15, 0.2) is 23.0 Å². The average Bonchev–Trinajstić information content (AvgIpc) is 2.29. The third-order valence-electron chi connectivity index (χ3n) is 2.45. The quantitative estimate of drug-likeness (QED) is 0.836. The minimum absolute atomic E-state index is 0.0729. The number of H-pyrrole nitrogens is 1. The molecule has 6 heteroatoms. The molecule has 0 amide bonds. The third kappa shape index (κ3) is 1.89. The molecule has 0 spiro atoms. The molecule has 0 saturated carbocycles. The molecule has 0 aliphatic rings. The van der Waals surface area contributed by atoms with Gasteiger partial charge in [0.2, 0.25) is 11.1 Å². The lowest BCUT2D eigenvalue weighted by Gasteiger charge is -2.04. The molecule has 17 heavy (non-hydrogen) atoms. The summed E-state index contributed by atoms with van der Waals surface area (Å²) < 4.78 is 12.4. The van der Waals surface area contributed by atoms with Crippen molar-refractivity contribution in [3.63, 3.8) is 0 Å². The molecule has 0 radical (unpaired) electrons. The summed E-state index contributed by atoms with van der Waals surface area (Å²) in [6, 6.07) is 4.85. The Bertz CT molecular complexity index is 636. The van der Waals surface area contributed by atoms with E-state index in [1.165, 1.54) is 0 Å². The van der Waals surface area contributed by atoms with E-state index in [1.807, 2.05) is 0 Å². The summed E-state index contributed by atoms with van der Waals surface area (Å²) in [5.74, 6) is -1.40. The van der Waals surface area contributed by atoms with E-state index in [9.17, 15) is 14.0 Å². The molecular weight excluding hydrogens is 227 g/mol. The molecule has 1 aromatic heterocycles. The Morgan fingerprint density at radius 1 is 1.47 bits per heavy atom. The first kappa shape index (κ1) is 11.3. The maximum absolute atomic E-state index is 12.4. The Morgan fingerprint density at radius 3 is 2.88 bits per heavy atom. The largest absolute Gasteiger partial charge is 0.476 e. The maximum Gasteiger partial charge on any atom is 0.360 e. The van der Waals surface area contributed by atoms with Crippen molar-refractivity contribution in [1.29, 1.82) is 0 Å². The number of carboxylic acid groups (broad SMARTS) is 1. The van der Waals surface area contributed by atoms with Gasteiger partial charge < -0.3 is 5.11 Å². The zero-order valence-electron chi connectivity index (χ0n) is 8.74. The average molecular weight is 236 g/mol. The van der Waals surface area contributed by atoms with Gasteiger partial charge >= 0.3 is 5.97 Å². The van der Waals surface area contributed by atoms with Crippen LogP contribution in [0.1, 0.15) is 16.1 Å². The lowest BCUT2D eigenvalue weighted by Crippen LogP contribution is -2.19. The van der Waals surface area contributed by atoms with Crippen molar-refractivity contribution >= 4 is 16.9 Å². The van der Waals surface area contributed by atoms with Gasteiger partial charge in [-0.25, -0.2) is 4.79 Å². The van der Waals surface area contributed by atoms with Gasteiger partial charge in [0.1, 0.15) is 0 Å². The van der Waals surface area contributed by atoms with Crippen molar-refractivity contribution in [3.8, 4) is 0 Å². The zero-order chi connectivity index (χ0) is 12.4. The van der Waals surface area contributed by atoms with Gasteiger partial charge in [0.05, 0.1) is 17.6 Å². The molecule has 1 heterocycles. The molecule has 0 unspecified atom stereocenters. The van der Waals surface area contributed by atoms with Crippen molar-refractivity contribution in [3.05, 3.63) is 39.7 Å². The number of carboxylic acids is 1. The van der Waals surface area contributed by atoms with Crippen molar-refractivity contribution in [2.75, 3.05) is 6.67 Å². The number of aromatic amines is 1. The Balaban J connectivity index is 2.82. The van der Waals surface area contributed by atoms with Crippen molar-refractivity contribution < 1.29 is 14.3 Å². The first-order valence-electron chi connectivity index (χ1n) is 4.94. The Morgan fingerprint density at radius 2 is 2.24 bits per heavy atom. The molecular formula is C11H9FN2O3. The number of nitrogens with zero attached hydrogens (tertiary/aromatic N) is 1. The standard InChI is InChI=1S/C11H9FN2O3/c12-5-4-6-2-1-3-7-8(6)10(15)9(11(16)17)14-13-7/h1-3H,4-5H2,(H,13,15)(H,16,17). The Hall–Kier alpha value is -2.24. The molecule has 0 bridgehead atoms. The smallest absolute Gasteiger partial charge is 0.360 e. The van der Waals surface area contributed by atoms with Gasteiger partial charge in [-0.2, -0.15) is 5.10 Å². The molecule has 0 aliphatic heterocycles.